The second kappa shape index (κ2) is 9.95. The molecule has 176 valence electrons. The first-order valence-electron chi connectivity index (χ1n) is 12.1. The Hall–Kier alpha value is -2.87. The van der Waals surface area contributed by atoms with E-state index < -0.39 is 0 Å². The van der Waals surface area contributed by atoms with Gasteiger partial charge >= 0.3 is 0 Å². The van der Waals surface area contributed by atoms with E-state index in [0.717, 1.165) is 66.9 Å². The maximum absolute atomic E-state index is 13.2. The zero-order chi connectivity index (χ0) is 22.6. The number of amides is 1. The maximum atomic E-state index is 13.2. The number of anilines is 2. The molecule has 4 heterocycles. The van der Waals surface area contributed by atoms with Crippen LogP contribution < -0.4 is 14.5 Å². The quantitative estimate of drug-likeness (QED) is 0.692. The molecule has 8 heteroatoms. The average Bonchev–Trinajstić information content (AvgIpc) is 2.89. The fraction of sp³-hybridized carbons (Fsp3) is 0.560. The maximum Gasteiger partial charge on any atom is 0.227 e. The van der Waals surface area contributed by atoms with E-state index in [2.05, 4.69) is 9.80 Å². The number of fused-ring (bicyclic) bond motifs is 1. The molecule has 0 bridgehead atoms. The Morgan fingerprint density at radius 3 is 2.64 bits per heavy atom. The fourth-order valence-corrected chi connectivity index (χ4v) is 4.94. The lowest BCUT2D eigenvalue weighted by atomic mass is 10.0. The first kappa shape index (κ1) is 21.9. The Bertz CT molecular complexity index is 986. The zero-order valence-corrected chi connectivity index (χ0v) is 19.5. The molecule has 3 aliphatic rings. The lowest BCUT2D eigenvalue weighted by molar-refractivity contribution is -0.131. The first-order chi connectivity index (χ1) is 16.2. The number of piperidine rings is 1. The van der Waals surface area contributed by atoms with Crippen LogP contribution in [-0.2, 0) is 28.9 Å². The summed E-state index contributed by atoms with van der Waals surface area (Å²) in [4.78, 5) is 29.8. The Kier molecular flexibility index (Phi) is 6.62. The van der Waals surface area contributed by atoms with Gasteiger partial charge in [0.2, 0.25) is 11.9 Å². The summed E-state index contributed by atoms with van der Waals surface area (Å²) >= 11 is 0. The van der Waals surface area contributed by atoms with Gasteiger partial charge in [0.25, 0.3) is 0 Å². The molecule has 5 rings (SSSR count). The molecule has 1 amide bonds. The minimum absolute atomic E-state index is 0.135. The molecule has 0 aliphatic carbocycles. The number of aromatic nitrogens is 2. The topological polar surface area (TPSA) is 71.0 Å². The summed E-state index contributed by atoms with van der Waals surface area (Å²) in [5.41, 5.74) is 3.19. The highest BCUT2D eigenvalue weighted by Crippen LogP contribution is 2.31. The lowest BCUT2D eigenvalue weighted by Crippen LogP contribution is -2.41. The highest BCUT2D eigenvalue weighted by atomic mass is 16.5. The van der Waals surface area contributed by atoms with Crippen molar-refractivity contribution in [2.24, 2.45) is 0 Å². The Balaban J connectivity index is 1.39. The largest absolute Gasteiger partial charge is 0.497 e. The highest BCUT2D eigenvalue weighted by molar-refractivity contribution is 5.79. The van der Waals surface area contributed by atoms with E-state index in [-0.39, 0.29) is 5.91 Å². The number of carbonyl (C=O) groups excluding carboxylic acids is 1. The van der Waals surface area contributed by atoms with Gasteiger partial charge in [0.05, 0.1) is 39.0 Å². The molecule has 33 heavy (non-hydrogen) atoms. The van der Waals surface area contributed by atoms with Gasteiger partial charge < -0.3 is 24.2 Å². The smallest absolute Gasteiger partial charge is 0.227 e. The predicted octanol–water partition coefficient (Wildman–Crippen LogP) is 2.44. The standard InChI is InChI=1S/C25H33N5O3/c1-32-20-7-5-6-19(16-20)17-23(31)30-11-8-22-21(18-30)24(28-9-3-2-4-10-28)27-25(26-22)29-12-14-33-15-13-29/h5-7,16H,2-4,8-15,17-18H2,1H3. The third-order valence-electron chi connectivity index (χ3n) is 6.82. The zero-order valence-electron chi connectivity index (χ0n) is 19.5. The van der Waals surface area contributed by atoms with Crippen molar-refractivity contribution in [2.45, 2.75) is 38.6 Å². The van der Waals surface area contributed by atoms with E-state index in [9.17, 15) is 4.79 Å². The van der Waals surface area contributed by atoms with E-state index >= 15 is 0 Å². The van der Waals surface area contributed by atoms with Crippen molar-refractivity contribution in [3.05, 3.63) is 41.1 Å². The molecule has 0 spiro atoms. The Labute approximate surface area is 195 Å². The van der Waals surface area contributed by atoms with E-state index in [1.165, 1.54) is 19.3 Å². The number of morpholine rings is 1. The van der Waals surface area contributed by atoms with Crippen LogP contribution in [0.2, 0.25) is 0 Å². The molecule has 2 fully saturated rings. The van der Waals surface area contributed by atoms with Crippen molar-refractivity contribution in [2.75, 3.05) is 62.8 Å². The summed E-state index contributed by atoms with van der Waals surface area (Å²) in [5, 5.41) is 0. The van der Waals surface area contributed by atoms with Gasteiger partial charge in [-0.1, -0.05) is 12.1 Å². The number of methoxy groups -OCH3 is 1. The van der Waals surface area contributed by atoms with E-state index in [4.69, 9.17) is 19.4 Å². The summed E-state index contributed by atoms with van der Waals surface area (Å²) in [6.07, 6.45) is 4.78. The second-order valence-electron chi connectivity index (χ2n) is 9.01. The van der Waals surface area contributed by atoms with Gasteiger partial charge in [-0.3, -0.25) is 4.79 Å². The molecule has 8 nitrogen and oxygen atoms in total. The third-order valence-corrected chi connectivity index (χ3v) is 6.82. The molecule has 2 aromatic rings. The number of hydrogen-bond acceptors (Lipinski definition) is 7. The van der Waals surface area contributed by atoms with Gasteiger partial charge in [-0.15, -0.1) is 0 Å². The van der Waals surface area contributed by atoms with Crippen LogP contribution in [0.25, 0.3) is 0 Å². The van der Waals surface area contributed by atoms with Crippen molar-refractivity contribution >= 4 is 17.7 Å². The minimum atomic E-state index is 0.135. The molecular weight excluding hydrogens is 418 g/mol. The van der Waals surface area contributed by atoms with Crippen LogP contribution in [0, 0.1) is 0 Å². The Morgan fingerprint density at radius 1 is 1.03 bits per heavy atom. The third kappa shape index (κ3) is 4.90. The van der Waals surface area contributed by atoms with Gasteiger partial charge in [-0.05, 0) is 37.0 Å². The van der Waals surface area contributed by atoms with E-state index in [0.29, 0.717) is 32.7 Å². The molecule has 3 aliphatic heterocycles. The van der Waals surface area contributed by atoms with Gasteiger partial charge in [-0.25, -0.2) is 4.98 Å². The summed E-state index contributed by atoms with van der Waals surface area (Å²) in [5.74, 6) is 2.75. The van der Waals surface area contributed by atoms with Crippen molar-refractivity contribution in [1.29, 1.82) is 0 Å². The van der Waals surface area contributed by atoms with Crippen LogP contribution in [0.4, 0.5) is 11.8 Å². The number of nitrogens with zero attached hydrogens (tertiary/aromatic N) is 5. The summed E-state index contributed by atoms with van der Waals surface area (Å²) < 4.78 is 10.8. The SMILES string of the molecule is COc1cccc(CC(=O)N2CCc3nc(N4CCOCC4)nc(N4CCCCC4)c3C2)c1. The number of carbonyl (C=O) groups is 1. The molecule has 0 saturated carbocycles. The fourth-order valence-electron chi connectivity index (χ4n) is 4.94. The van der Waals surface area contributed by atoms with Crippen LogP contribution in [0.15, 0.2) is 24.3 Å². The molecule has 1 aromatic carbocycles. The summed E-state index contributed by atoms with van der Waals surface area (Å²) in [6.45, 7) is 6.38. The van der Waals surface area contributed by atoms with Crippen LogP contribution in [0.3, 0.4) is 0 Å². The van der Waals surface area contributed by atoms with Gasteiger partial charge in [0.15, 0.2) is 0 Å². The van der Waals surface area contributed by atoms with Gasteiger partial charge in [0, 0.05) is 44.7 Å². The molecule has 0 N–H and O–H groups in total. The van der Waals surface area contributed by atoms with E-state index in [1.807, 2.05) is 29.2 Å². The van der Waals surface area contributed by atoms with Gasteiger partial charge in [0.1, 0.15) is 11.6 Å². The second-order valence-corrected chi connectivity index (χ2v) is 9.01. The molecular formula is C25H33N5O3. The van der Waals surface area contributed by atoms with Crippen LogP contribution in [0.5, 0.6) is 5.75 Å². The normalized spacial score (nSPS) is 18.8. The van der Waals surface area contributed by atoms with Crippen molar-refractivity contribution in [1.82, 2.24) is 14.9 Å². The van der Waals surface area contributed by atoms with Crippen molar-refractivity contribution < 1.29 is 14.3 Å². The predicted molar refractivity (Wildman–Crippen MR) is 127 cm³/mol. The minimum Gasteiger partial charge on any atom is -0.497 e. The molecule has 0 radical (unpaired) electrons. The number of hydrogen-bond donors (Lipinski definition) is 0. The lowest BCUT2D eigenvalue weighted by Gasteiger charge is -2.36. The Morgan fingerprint density at radius 2 is 1.85 bits per heavy atom. The number of rotatable bonds is 5. The monoisotopic (exact) mass is 451 g/mol. The molecule has 0 atom stereocenters. The van der Waals surface area contributed by atoms with Crippen molar-refractivity contribution in [3.8, 4) is 5.75 Å². The summed E-state index contributed by atoms with van der Waals surface area (Å²) in [7, 11) is 1.65. The molecule has 1 aromatic heterocycles. The van der Waals surface area contributed by atoms with Crippen LogP contribution >= 0.6 is 0 Å². The van der Waals surface area contributed by atoms with E-state index in [1.54, 1.807) is 7.11 Å². The van der Waals surface area contributed by atoms with Crippen molar-refractivity contribution in [3.63, 3.8) is 0 Å². The average molecular weight is 452 g/mol. The van der Waals surface area contributed by atoms with Crippen LogP contribution in [-0.4, -0.2) is 73.8 Å². The van der Waals surface area contributed by atoms with Crippen LogP contribution in [0.1, 0.15) is 36.1 Å². The highest BCUT2D eigenvalue weighted by Gasteiger charge is 2.29. The number of ether oxygens (including phenoxy) is 2. The molecule has 0 unspecified atom stereocenters. The molecule has 2 saturated heterocycles. The first-order valence-corrected chi connectivity index (χ1v) is 12.1. The summed E-state index contributed by atoms with van der Waals surface area (Å²) in [6, 6.07) is 7.75. The number of benzene rings is 1. The van der Waals surface area contributed by atoms with Gasteiger partial charge in [-0.2, -0.15) is 4.98 Å².